The van der Waals surface area contributed by atoms with Crippen LogP contribution in [0.25, 0.3) is 0 Å². The Morgan fingerprint density at radius 1 is 1.25 bits per heavy atom. The lowest BCUT2D eigenvalue weighted by Gasteiger charge is -2.35. The molecule has 1 N–H and O–H groups in total. The predicted molar refractivity (Wildman–Crippen MR) is 79.1 cm³/mol. The molecule has 0 aromatic heterocycles. The normalized spacial score (nSPS) is 28.0. The van der Waals surface area contributed by atoms with Gasteiger partial charge in [-0.05, 0) is 52.4 Å². The Labute approximate surface area is 121 Å². The van der Waals surface area contributed by atoms with E-state index in [1.54, 1.807) is 6.92 Å². The summed E-state index contributed by atoms with van der Waals surface area (Å²) in [6, 6.07) is -0.109. The van der Waals surface area contributed by atoms with Crippen molar-refractivity contribution in [1.29, 1.82) is 0 Å². The fraction of sp³-hybridized carbons (Fsp3) is 0.750. The molecule has 2 rings (SSSR count). The van der Waals surface area contributed by atoms with Crippen molar-refractivity contribution in [2.75, 3.05) is 6.54 Å². The molecule has 0 aromatic rings. The third-order valence-electron chi connectivity index (χ3n) is 4.46. The number of hydrogen-bond acceptors (Lipinski definition) is 2. The Hall–Kier alpha value is -1.32. The minimum absolute atomic E-state index is 0.0277. The number of rotatable bonds is 3. The third-order valence-corrected chi connectivity index (χ3v) is 4.46. The van der Waals surface area contributed by atoms with Gasteiger partial charge < -0.3 is 10.2 Å². The van der Waals surface area contributed by atoms with Crippen LogP contribution in [0.15, 0.2) is 12.2 Å². The first-order valence-electron chi connectivity index (χ1n) is 7.85. The summed E-state index contributed by atoms with van der Waals surface area (Å²) in [6.07, 6.45) is 10.2. The summed E-state index contributed by atoms with van der Waals surface area (Å²) in [4.78, 5) is 26.5. The smallest absolute Gasteiger partial charge is 0.245 e. The summed E-state index contributed by atoms with van der Waals surface area (Å²) in [5.74, 6) is 0.130. The average Bonchev–Trinajstić information content (AvgIpc) is 2.48. The molecule has 2 amide bonds. The molecule has 1 aliphatic heterocycles. The molecule has 0 radical (unpaired) electrons. The van der Waals surface area contributed by atoms with E-state index in [4.69, 9.17) is 0 Å². The number of piperidine rings is 1. The summed E-state index contributed by atoms with van der Waals surface area (Å²) in [5, 5.41) is 2.90. The van der Waals surface area contributed by atoms with Gasteiger partial charge in [0.05, 0.1) is 0 Å². The molecule has 2 aliphatic rings. The first-order chi connectivity index (χ1) is 9.59. The minimum atomic E-state index is -0.408. The lowest BCUT2D eigenvalue weighted by atomic mass is 9.93. The van der Waals surface area contributed by atoms with Crippen LogP contribution in [0.4, 0.5) is 0 Å². The molecule has 0 saturated carbocycles. The second-order valence-electron chi connectivity index (χ2n) is 6.09. The Morgan fingerprint density at radius 2 is 2.05 bits per heavy atom. The van der Waals surface area contributed by atoms with Gasteiger partial charge in [-0.25, -0.2) is 0 Å². The van der Waals surface area contributed by atoms with Crippen molar-refractivity contribution in [3.63, 3.8) is 0 Å². The summed E-state index contributed by atoms with van der Waals surface area (Å²) in [7, 11) is 0. The molecule has 0 aromatic carbocycles. The number of carbonyl (C=O) groups excluding carboxylic acids is 2. The standard InChI is InChI=1S/C16H26N2O2/c1-12-8-6-7-11-18(12)16(20)13(2)17-15(19)14-9-4-3-5-10-14/h3-4,12-14H,5-11H2,1-2H3,(H,17,19). The van der Waals surface area contributed by atoms with Crippen molar-refractivity contribution in [3.05, 3.63) is 12.2 Å². The van der Waals surface area contributed by atoms with E-state index in [0.29, 0.717) is 6.04 Å². The van der Waals surface area contributed by atoms with Gasteiger partial charge in [0.15, 0.2) is 0 Å². The van der Waals surface area contributed by atoms with Gasteiger partial charge in [0.25, 0.3) is 0 Å². The van der Waals surface area contributed by atoms with E-state index in [0.717, 1.165) is 38.6 Å². The molecule has 3 unspecified atom stereocenters. The molecule has 1 heterocycles. The second-order valence-corrected chi connectivity index (χ2v) is 6.09. The van der Waals surface area contributed by atoms with Crippen LogP contribution >= 0.6 is 0 Å². The van der Waals surface area contributed by atoms with Crippen LogP contribution in [-0.2, 0) is 9.59 Å². The molecule has 1 aliphatic carbocycles. The molecular formula is C16H26N2O2. The highest BCUT2D eigenvalue weighted by atomic mass is 16.2. The van der Waals surface area contributed by atoms with Gasteiger partial charge in [-0.1, -0.05) is 12.2 Å². The fourth-order valence-corrected chi connectivity index (χ4v) is 3.10. The number of allylic oxidation sites excluding steroid dienone is 2. The van der Waals surface area contributed by atoms with Crippen LogP contribution in [0.3, 0.4) is 0 Å². The molecule has 1 fully saturated rings. The van der Waals surface area contributed by atoms with Crippen LogP contribution in [0.2, 0.25) is 0 Å². The Balaban J connectivity index is 1.86. The van der Waals surface area contributed by atoms with Crippen LogP contribution in [0, 0.1) is 5.92 Å². The largest absolute Gasteiger partial charge is 0.344 e. The van der Waals surface area contributed by atoms with Gasteiger partial charge in [-0.15, -0.1) is 0 Å². The third kappa shape index (κ3) is 3.62. The number of amides is 2. The zero-order valence-electron chi connectivity index (χ0n) is 12.6. The molecule has 3 atom stereocenters. The van der Waals surface area contributed by atoms with E-state index in [1.165, 1.54) is 6.42 Å². The molecular weight excluding hydrogens is 252 g/mol. The Morgan fingerprint density at radius 3 is 2.70 bits per heavy atom. The zero-order chi connectivity index (χ0) is 14.5. The fourth-order valence-electron chi connectivity index (χ4n) is 3.10. The lowest BCUT2D eigenvalue weighted by molar-refractivity contribution is -0.139. The molecule has 20 heavy (non-hydrogen) atoms. The van der Waals surface area contributed by atoms with Gasteiger partial charge in [-0.3, -0.25) is 9.59 Å². The lowest BCUT2D eigenvalue weighted by Crippen LogP contribution is -2.52. The number of carbonyl (C=O) groups is 2. The maximum Gasteiger partial charge on any atom is 0.245 e. The SMILES string of the molecule is CC(NC(=O)C1CC=CCC1)C(=O)N1CCCCC1C. The average molecular weight is 278 g/mol. The predicted octanol–water partition coefficient (Wildman–Crippen LogP) is 2.25. The first-order valence-corrected chi connectivity index (χ1v) is 7.85. The van der Waals surface area contributed by atoms with Crippen LogP contribution in [0.5, 0.6) is 0 Å². The van der Waals surface area contributed by atoms with Crippen LogP contribution < -0.4 is 5.32 Å². The topological polar surface area (TPSA) is 49.4 Å². The van der Waals surface area contributed by atoms with E-state index in [9.17, 15) is 9.59 Å². The highest BCUT2D eigenvalue weighted by molar-refractivity contribution is 5.88. The monoisotopic (exact) mass is 278 g/mol. The molecule has 4 nitrogen and oxygen atoms in total. The molecule has 0 spiro atoms. The Bertz CT molecular complexity index is 392. The molecule has 1 saturated heterocycles. The van der Waals surface area contributed by atoms with Gasteiger partial charge in [0.2, 0.25) is 11.8 Å². The van der Waals surface area contributed by atoms with Crippen molar-refractivity contribution in [2.45, 2.75) is 64.5 Å². The van der Waals surface area contributed by atoms with Crippen molar-refractivity contribution < 1.29 is 9.59 Å². The van der Waals surface area contributed by atoms with Crippen molar-refractivity contribution in [2.24, 2.45) is 5.92 Å². The van der Waals surface area contributed by atoms with Gasteiger partial charge in [0.1, 0.15) is 6.04 Å². The quantitative estimate of drug-likeness (QED) is 0.805. The van der Waals surface area contributed by atoms with E-state index < -0.39 is 6.04 Å². The molecule has 4 heteroatoms. The zero-order valence-corrected chi connectivity index (χ0v) is 12.6. The number of nitrogens with one attached hydrogen (secondary N) is 1. The minimum Gasteiger partial charge on any atom is -0.344 e. The summed E-state index contributed by atoms with van der Waals surface area (Å²) in [5.41, 5.74) is 0. The van der Waals surface area contributed by atoms with E-state index >= 15 is 0 Å². The van der Waals surface area contributed by atoms with Crippen molar-refractivity contribution in [1.82, 2.24) is 10.2 Å². The van der Waals surface area contributed by atoms with E-state index in [2.05, 4.69) is 24.4 Å². The number of nitrogens with zero attached hydrogens (tertiary/aromatic N) is 1. The van der Waals surface area contributed by atoms with Crippen LogP contribution in [-0.4, -0.2) is 35.3 Å². The molecule has 0 bridgehead atoms. The van der Waals surface area contributed by atoms with Crippen molar-refractivity contribution >= 4 is 11.8 Å². The van der Waals surface area contributed by atoms with E-state index in [1.807, 2.05) is 4.90 Å². The van der Waals surface area contributed by atoms with Gasteiger partial charge in [-0.2, -0.15) is 0 Å². The van der Waals surface area contributed by atoms with Gasteiger partial charge >= 0.3 is 0 Å². The highest BCUT2D eigenvalue weighted by Gasteiger charge is 2.29. The second kappa shape index (κ2) is 6.91. The van der Waals surface area contributed by atoms with Crippen molar-refractivity contribution in [3.8, 4) is 0 Å². The molecule has 112 valence electrons. The summed E-state index contributed by atoms with van der Waals surface area (Å²) >= 11 is 0. The van der Waals surface area contributed by atoms with E-state index in [-0.39, 0.29) is 17.7 Å². The summed E-state index contributed by atoms with van der Waals surface area (Å²) in [6.45, 7) is 4.73. The highest BCUT2D eigenvalue weighted by Crippen LogP contribution is 2.19. The summed E-state index contributed by atoms with van der Waals surface area (Å²) < 4.78 is 0. The maximum atomic E-state index is 12.4. The number of likely N-dealkylation sites (tertiary alicyclic amines) is 1. The maximum absolute atomic E-state index is 12.4. The van der Waals surface area contributed by atoms with Crippen LogP contribution in [0.1, 0.15) is 52.4 Å². The van der Waals surface area contributed by atoms with Gasteiger partial charge in [0, 0.05) is 18.5 Å². The number of hydrogen-bond donors (Lipinski definition) is 1. The Kier molecular flexibility index (Phi) is 5.21. The first kappa shape index (κ1) is 15.1.